The highest BCUT2D eigenvalue weighted by Crippen LogP contribution is 1.99. The Morgan fingerprint density at radius 2 is 1.95 bits per heavy atom. The number of hydrogen-bond donors (Lipinski definition) is 3. The van der Waals surface area contributed by atoms with Gasteiger partial charge in [0.2, 0.25) is 5.91 Å². The second kappa shape index (κ2) is 10.1. The minimum Gasteiger partial charge on any atom is -0.481 e. The Balaban J connectivity index is 3.41. The van der Waals surface area contributed by atoms with E-state index in [1.807, 2.05) is 0 Å². The summed E-state index contributed by atoms with van der Waals surface area (Å²) in [5, 5.41) is 20.0. The third-order valence-electron chi connectivity index (χ3n) is 2.30. The fraction of sp³-hybridized carbons (Fsp3) is 0.800. The molecule has 0 saturated heterocycles. The largest absolute Gasteiger partial charge is 0.481 e. The Morgan fingerprint density at radius 3 is 2.53 bits per heavy atom. The van der Waals surface area contributed by atoms with Crippen molar-refractivity contribution in [3.8, 4) is 0 Å². The summed E-state index contributed by atoms with van der Waals surface area (Å²) in [6, 6.07) is -1.04. The molecular formula is C10H19N3O6. The van der Waals surface area contributed by atoms with Crippen LogP contribution in [0.4, 0.5) is 0 Å². The van der Waals surface area contributed by atoms with Crippen molar-refractivity contribution >= 4 is 11.9 Å². The summed E-state index contributed by atoms with van der Waals surface area (Å²) in [6.07, 6.45) is 2.42. The van der Waals surface area contributed by atoms with Gasteiger partial charge in [-0.1, -0.05) is 12.8 Å². The van der Waals surface area contributed by atoms with Crippen molar-refractivity contribution in [3.63, 3.8) is 0 Å². The third-order valence-corrected chi connectivity index (χ3v) is 2.30. The van der Waals surface area contributed by atoms with Gasteiger partial charge in [-0.3, -0.25) is 9.59 Å². The van der Waals surface area contributed by atoms with E-state index in [9.17, 15) is 19.7 Å². The predicted molar refractivity (Wildman–Crippen MR) is 64.7 cm³/mol. The molecule has 0 aromatic rings. The van der Waals surface area contributed by atoms with Crippen molar-refractivity contribution < 1.29 is 24.6 Å². The van der Waals surface area contributed by atoms with Crippen molar-refractivity contribution in [2.75, 3.05) is 13.2 Å². The predicted octanol–water partition coefficient (Wildman–Crippen LogP) is -0.327. The van der Waals surface area contributed by atoms with E-state index in [0.717, 1.165) is 12.8 Å². The number of nitrogens with zero attached hydrogens (tertiary/aromatic N) is 1. The van der Waals surface area contributed by atoms with Gasteiger partial charge < -0.3 is 21.0 Å². The molecule has 0 radical (unpaired) electrons. The molecule has 0 fully saturated rings. The molecule has 0 aromatic heterocycles. The quantitative estimate of drug-likeness (QED) is 0.266. The number of carbonyl (C=O) groups excluding carboxylic acids is 1. The minimum atomic E-state index is -1.12. The molecule has 0 heterocycles. The van der Waals surface area contributed by atoms with Crippen molar-refractivity contribution in [2.45, 2.75) is 38.1 Å². The number of nitrogens with two attached hydrogens (primary N) is 1. The van der Waals surface area contributed by atoms with E-state index in [1.165, 1.54) is 0 Å². The molecule has 9 nitrogen and oxygen atoms in total. The van der Waals surface area contributed by atoms with Crippen molar-refractivity contribution in [1.29, 1.82) is 0 Å². The fourth-order valence-corrected chi connectivity index (χ4v) is 1.34. The number of carbonyl (C=O) groups is 2. The lowest BCUT2D eigenvalue weighted by atomic mass is 10.2. The number of rotatable bonds is 11. The molecule has 19 heavy (non-hydrogen) atoms. The van der Waals surface area contributed by atoms with Crippen LogP contribution in [-0.4, -0.2) is 41.3 Å². The summed E-state index contributed by atoms with van der Waals surface area (Å²) in [5.41, 5.74) is 5.35. The van der Waals surface area contributed by atoms with Gasteiger partial charge in [0.1, 0.15) is 0 Å². The first-order valence-electron chi connectivity index (χ1n) is 5.96. The van der Waals surface area contributed by atoms with Crippen molar-refractivity contribution in [3.05, 3.63) is 10.1 Å². The van der Waals surface area contributed by atoms with E-state index in [4.69, 9.17) is 10.8 Å². The zero-order valence-electron chi connectivity index (χ0n) is 10.5. The highest BCUT2D eigenvalue weighted by Gasteiger charge is 2.15. The molecular weight excluding hydrogens is 258 g/mol. The summed E-state index contributed by atoms with van der Waals surface area (Å²) in [5.74, 6) is -1.60. The minimum absolute atomic E-state index is 0.0723. The molecule has 1 amide bonds. The molecule has 0 bridgehead atoms. The molecule has 0 saturated carbocycles. The lowest BCUT2D eigenvalue weighted by Crippen LogP contribution is -2.42. The van der Waals surface area contributed by atoms with Crippen LogP contribution in [0.1, 0.15) is 32.1 Å². The van der Waals surface area contributed by atoms with Gasteiger partial charge in [0.25, 0.3) is 5.09 Å². The smallest absolute Gasteiger partial charge is 0.305 e. The molecule has 4 N–H and O–H groups in total. The average Bonchev–Trinajstić information content (AvgIpc) is 2.30. The zero-order chi connectivity index (χ0) is 14.7. The summed E-state index contributed by atoms with van der Waals surface area (Å²) >= 11 is 0. The zero-order valence-corrected chi connectivity index (χ0v) is 10.5. The summed E-state index contributed by atoms with van der Waals surface area (Å²) in [4.78, 5) is 35.6. The Hall–Kier alpha value is -1.90. The number of carboxylic acids is 1. The maximum Gasteiger partial charge on any atom is 0.305 e. The van der Waals surface area contributed by atoms with Gasteiger partial charge in [-0.25, -0.2) is 0 Å². The number of hydrogen-bond acceptors (Lipinski definition) is 6. The van der Waals surface area contributed by atoms with Gasteiger partial charge in [-0.15, -0.1) is 10.1 Å². The fourth-order valence-electron chi connectivity index (χ4n) is 1.34. The van der Waals surface area contributed by atoms with Gasteiger partial charge in [-0.2, -0.15) is 0 Å². The van der Waals surface area contributed by atoms with E-state index < -0.39 is 29.4 Å². The van der Waals surface area contributed by atoms with Crippen LogP contribution in [0.25, 0.3) is 0 Å². The Morgan fingerprint density at radius 1 is 1.32 bits per heavy atom. The molecule has 9 heteroatoms. The standard InChI is InChI=1S/C10H19N3O6/c11-8(7-9(14)15)10(16)12-5-3-1-2-4-6-19-13(17)18/h8H,1-7,11H2,(H,12,16)(H,14,15). The van der Waals surface area contributed by atoms with E-state index in [0.29, 0.717) is 19.4 Å². The molecule has 1 atom stereocenters. The third kappa shape index (κ3) is 10.9. The van der Waals surface area contributed by atoms with Crippen LogP contribution < -0.4 is 11.1 Å². The number of unbranched alkanes of at least 4 members (excludes halogenated alkanes) is 3. The first-order valence-corrected chi connectivity index (χ1v) is 5.96. The Labute approximate surface area is 110 Å². The van der Waals surface area contributed by atoms with Crippen LogP contribution in [0.2, 0.25) is 0 Å². The van der Waals surface area contributed by atoms with E-state index in [-0.39, 0.29) is 6.61 Å². The molecule has 0 aromatic carbocycles. The highest BCUT2D eigenvalue weighted by molar-refractivity contribution is 5.85. The van der Waals surface area contributed by atoms with Gasteiger partial charge >= 0.3 is 5.97 Å². The number of amides is 1. The second-order valence-electron chi connectivity index (χ2n) is 3.97. The SMILES string of the molecule is NC(CC(=O)O)C(=O)NCCCCCCO[N+](=O)[O-]. The van der Waals surface area contributed by atoms with E-state index in [1.54, 1.807) is 0 Å². The summed E-state index contributed by atoms with van der Waals surface area (Å²) < 4.78 is 0. The first kappa shape index (κ1) is 17.1. The molecule has 0 aliphatic heterocycles. The van der Waals surface area contributed by atoms with E-state index in [2.05, 4.69) is 10.2 Å². The average molecular weight is 277 g/mol. The molecule has 0 rings (SSSR count). The van der Waals surface area contributed by atoms with Gasteiger partial charge in [-0.05, 0) is 12.8 Å². The molecule has 0 aliphatic rings. The summed E-state index contributed by atoms with van der Waals surface area (Å²) in [7, 11) is 0. The van der Waals surface area contributed by atoms with Crippen LogP contribution in [0.5, 0.6) is 0 Å². The number of nitrogens with one attached hydrogen (secondary N) is 1. The van der Waals surface area contributed by atoms with Crippen molar-refractivity contribution in [2.24, 2.45) is 5.73 Å². The second-order valence-corrected chi connectivity index (χ2v) is 3.97. The maximum absolute atomic E-state index is 11.3. The van der Waals surface area contributed by atoms with Crippen LogP contribution in [0, 0.1) is 10.1 Å². The van der Waals surface area contributed by atoms with Crippen LogP contribution in [0.3, 0.4) is 0 Å². The van der Waals surface area contributed by atoms with Crippen LogP contribution in [0.15, 0.2) is 0 Å². The molecule has 1 unspecified atom stereocenters. The van der Waals surface area contributed by atoms with Gasteiger partial charge in [0, 0.05) is 6.54 Å². The first-order chi connectivity index (χ1) is 8.93. The van der Waals surface area contributed by atoms with Crippen molar-refractivity contribution in [1.82, 2.24) is 5.32 Å². The molecule has 0 spiro atoms. The maximum atomic E-state index is 11.3. The highest BCUT2D eigenvalue weighted by atomic mass is 16.9. The molecule has 110 valence electrons. The molecule has 0 aliphatic carbocycles. The lowest BCUT2D eigenvalue weighted by molar-refractivity contribution is -0.757. The number of carboxylic acid groups (broad SMARTS) is 1. The Bertz CT molecular complexity index is 310. The van der Waals surface area contributed by atoms with Crippen LogP contribution >= 0.6 is 0 Å². The number of aliphatic carboxylic acids is 1. The van der Waals surface area contributed by atoms with Gasteiger partial charge in [0.15, 0.2) is 0 Å². The monoisotopic (exact) mass is 277 g/mol. The normalized spacial score (nSPS) is 11.6. The summed E-state index contributed by atoms with van der Waals surface area (Å²) in [6.45, 7) is 0.477. The lowest BCUT2D eigenvalue weighted by Gasteiger charge is -2.09. The Kier molecular flexibility index (Phi) is 9.06. The topological polar surface area (TPSA) is 145 Å². The van der Waals surface area contributed by atoms with Crippen LogP contribution in [-0.2, 0) is 14.4 Å². The van der Waals surface area contributed by atoms with Gasteiger partial charge in [0.05, 0.1) is 19.1 Å². The van der Waals surface area contributed by atoms with E-state index >= 15 is 0 Å².